The van der Waals surface area contributed by atoms with E-state index in [2.05, 4.69) is 5.32 Å². The fourth-order valence-corrected chi connectivity index (χ4v) is 1.91. The highest BCUT2D eigenvalue weighted by Gasteiger charge is 2.22. The second-order valence-electron chi connectivity index (χ2n) is 5.47. The van der Waals surface area contributed by atoms with Crippen molar-refractivity contribution in [3.63, 3.8) is 0 Å². The van der Waals surface area contributed by atoms with Crippen LogP contribution in [0.25, 0.3) is 0 Å². The summed E-state index contributed by atoms with van der Waals surface area (Å²) in [6.07, 6.45) is -0.989. The van der Waals surface area contributed by atoms with Gasteiger partial charge in [-0.1, -0.05) is 29.3 Å². The van der Waals surface area contributed by atoms with Crippen LogP contribution in [0.1, 0.15) is 38.8 Å². The van der Waals surface area contributed by atoms with Crippen LogP contribution in [0.2, 0.25) is 10.0 Å². The number of alkyl carbamates (subject to hydrolysis) is 1. The van der Waals surface area contributed by atoms with Crippen molar-refractivity contribution < 1.29 is 19.4 Å². The van der Waals surface area contributed by atoms with Gasteiger partial charge in [0.25, 0.3) is 0 Å². The van der Waals surface area contributed by atoms with E-state index in [4.69, 9.17) is 33.0 Å². The number of carbonyl (C=O) groups is 2. The quantitative estimate of drug-likeness (QED) is 0.871. The predicted octanol–water partition coefficient (Wildman–Crippen LogP) is 4.03. The summed E-state index contributed by atoms with van der Waals surface area (Å²) in [4.78, 5) is 22.7. The highest BCUT2D eigenvalue weighted by molar-refractivity contribution is 6.42. The van der Waals surface area contributed by atoms with Crippen LogP contribution in [0.15, 0.2) is 18.2 Å². The van der Waals surface area contributed by atoms with Crippen LogP contribution in [0, 0.1) is 0 Å². The van der Waals surface area contributed by atoms with Gasteiger partial charge in [0.1, 0.15) is 5.60 Å². The lowest BCUT2D eigenvalue weighted by Crippen LogP contribution is -2.35. The Morgan fingerprint density at radius 1 is 1.29 bits per heavy atom. The van der Waals surface area contributed by atoms with Gasteiger partial charge in [-0.2, -0.15) is 0 Å². The average molecular weight is 334 g/mol. The SMILES string of the molecule is CC(C)(C)OC(=O)N[C@@H](CC(=O)O)c1ccc(Cl)c(Cl)c1. The topological polar surface area (TPSA) is 75.6 Å². The molecule has 0 aromatic heterocycles. The Bertz CT molecular complexity index is 540. The van der Waals surface area contributed by atoms with Crippen LogP contribution in [0.5, 0.6) is 0 Å². The summed E-state index contributed by atoms with van der Waals surface area (Å²) in [6.45, 7) is 5.16. The second-order valence-corrected chi connectivity index (χ2v) is 6.28. The Kier molecular flexibility index (Phi) is 5.87. The zero-order valence-corrected chi connectivity index (χ0v) is 13.5. The summed E-state index contributed by atoms with van der Waals surface area (Å²) in [7, 11) is 0. The molecular weight excluding hydrogens is 317 g/mol. The van der Waals surface area contributed by atoms with Crippen molar-refractivity contribution in [1.29, 1.82) is 0 Å². The van der Waals surface area contributed by atoms with Crippen molar-refractivity contribution in [3.8, 4) is 0 Å². The Balaban J connectivity index is 2.92. The monoisotopic (exact) mass is 333 g/mol. The molecule has 7 heteroatoms. The first-order valence-corrected chi connectivity index (χ1v) is 7.00. The fourth-order valence-electron chi connectivity index (χ4n) is 1.61. The molecule has 0 aliphatic rings. The molecule has 0 aliphatic heterocycles. The number of nitrogens with one attached hydrogen (secondary N) is 1. The maximum absolute atomic E-state index is 11.8. The molecule has 1 aromatic carbocycles. The molecule has 1 amide bonds. The molecule has 1 atom stereocenters. The van der Waals surface area contributed by atoms with Gasteiger partial charge in [-0.3, -0.25) is 4.79 Å². The van der Waals surface area contributed by atoms with Crippen molar-refractivity contribution in [2.75, 3.05) is 0 Å². The van der Waals surface area contributed by atoms with Gasteiger partial charge in [-0.05, 0) is 38.5 Å². The Labute approximate surface area is 133 Å². The number of hydrogen-bond donors (Lipinski definition) is 2. The van der Waals surface area contributed by atoms with Gasteiger partial charge in [0.15, 0.2) is 0 Å². The zero-order valence-electron chi connectivity index (χ0n) is 11.9. The number of carbonyl (C=O) groups excluding carboxylic acids is 1. The van der Waals surface area contributed by atoms with Crippen LogP contribution in [0.4, 0.5) is 4.79 Å². The predicted molar refractivity (Wildman–Crippen MR) is 80.8 cm³/mol. The van der Waals surface area contributed by atoms with E-state index in [1.807, 2.05) is 0 Å². The first-order valence-electron chi connectivity index (χ1n) is 6.25. The third-order valence-corrected chi connectivity index (χ3v) is 3.15. The highest BCUT2D eigenvalue weighted by atomic mass is 35.5. The van der Waals surface area contributed by atoms with Crippen LogP contribution in [0.3, 0.4) is 0 Å². The maximum Gasteiger partial charge on any atom is 0.408 e. The highest BCUT2D eigenvalue weighted by Crippen LogP contribution is 2.27. The van der Waals surface area contributed by atoms with E-state index in [0.717, 1.165) is 0 Å². The average Bonchev–Trinajstić information content (AvgIpc) is 2.28. The van der Waals surface area contributed by atoms with E-state index in [1.165, 1.54) is 6.07 Å². The second kappa shape index (κ2) is 7.00. The van der Waals surface area contributed by atoms with Gasteiger partial charge in [0.2, 0.25) is 0 Å². The van der Waals surface area contributed by atoms with E-state index in [-0.39, 0.29) is 11.4 Å². The van der Waals surface area contributed by atoms with Crippen LogP contribution in [-0.4, -0.2) is 22.8 Å². The number of benzene rings is 1. The van der Waals surface area contributed by atoms with E-state index in [1.54, 1.807) is 32.9 Å². The number of carboxylic acid groups (broad SMARTS) is 1. The van der Waals surface area contributed by atoms with E-state index < -0.39 is 23.7 Å². The maximum atomic E-state index is 11.8. The number of rotatable bonds is 4. The summed E-state index contributed by atoms with van der Waals surface area (Å²) in [5.74, 6) is -1.05. The number of amides is 1. The van der Waals surface area contributed by atoms with Gasteiger partial charge in [0, 0.05) is 0 Å². The van der Waals surface area contributed by atoms with Crippen LogP contribution >= 0.6 is 23.2 Å². The first-order chi connectivity index (χ1) is 9.58. The van der Waals surface area contributed by atoms with Crippen LogP contribution < -0.4 is 5.32 Å². The Morgan fingerprint density at radius 2 is 1.90 bits per heavy atom. The molecule has 0 heterocycles. The van der Waals surface area contributed by atoms with Crippen LogP contribution in [-0.2, 0) is 9.53 Å². The van der Waals surface area contributed by atoms with Gasteiger partial charge < -0.3 is 15.2 Å². The zero-order chi connectivity index (χ0) is 16.2. The molecule has 2 N–H and O–H groups in total. The van der Waals surface area contributed by atoms with Crippen molar-refractivity contribution in [1.82, 2.24) is 5.32 Å². The van der Waals surface area contributed by atoms with Crippen molar-refractivity contribution in [2.45, 2.75) is 38.8 Å². The molecule has 5 nitrogen and oxygen atoms in total. The number of aliphatic carboxylic acids is 1. The Morgan fingerprint density at radius 3 is 2.38 bits per heavy atom. The molecule has 0 bridgehead atoms. The minimum absolute atomic E-state index is 0.288. The molecule has 0 aliphatic carbocycles. The summed E-state index contributed by atoms with van der Waals surface area (Å²) < 4.78 is 5.12. The third-order valence-electron chi connectivity index (χ3n) is 2.42. The number of hydrogen-bond acceptors (Lipinski definition) is 3. The number of halogens is 2. The summed E-state index contributed by atoms with van der Waals surface area (Å²) in [5, 5.41) is 12.1. The molecule has 21 heavy (non-hydrogen) atoms. The molecular formula is C14H17Cl2NO4. The van der Waals surface area contributed by atoms with Gasteiger partial charge in [-0.15, -0.1) is 0 Å². The smallest absolute Gasteiger partial charge is 0.408 e. The standard InChI is InChI=1S/C14H17Cl2NO4/c1-14(2,3)21-13(20)17-11(7-12(18)19)8-4-5-9(15)10(16)6-8/h4-6,11H,7H2,1-3H3,(H,17,20)(H,18,19)/t11-/m0/s1. The molecule has 0 radical (unpaired) electrons. The van der Waals surface area contributed by atoms with Crippen molar-refractivity contribution in [3.05, 3.63) is 33.8 Å². The molecule has 0 saturated heterocycles. The summed E-state index contributed by atoms with van der Waals surface area (Å²) in [5.41, 5.74) is -0.132. The van der Waals surface area contributed by atoms with Crippen molar-refractivity contribution in [2.24, 2.45) is 0 Å². The molecule has 116 valence electrons. The van der Waals surface area contributed by atoms with E-state index in [9.17, 15) is 9.59 Å². The third kappa shape index (κ3) is 6.23. The minimum Gasteiger partial charge on any atom is -0.481 e. The lowest BCUT2D eigenvalue weighted by atomic mass is 10.0. The molecule has 0 unspecified atom stereocenters. The summed E-state index contributed by atoms with van der Waals surface area (Å²) in [6, 6.07) is 3.92. The van der Waals surface area contributed by atoms with Gasteiger partial charge in [0.05, 0.1) is 22.5 Å². The molecule has 1 aromatic rings. The number of carboxylic acids is 1. The Hall–Kier alpha value is -1.46. The molecule has 1 rings (SSSR count). The molecule has 0 fully saturated rings. The fraction of sp³-hybridized carbons (Fsp3) is 0.429. The largest absolute Gasteiger partial charge is 0.481 e. The molecule has 0 saturated carbocycles. The summed E-state index contributed by atoms with van der Waals surface area (Å²) >= 11 is 11.7. The van der Waals surface area contributed by atoms with E-state index >= 15 is 0 Å². The van der Waals surface area contributed by atoms with Crippen molar-refractivity contribution >= 4 is 35.3 Å². The number of ether oxygens (including phenoxy) is 1. The van der Waals surface area contributed by atoms with E-state index in [0.29, 0.717) is 10.6 Å². The normalized spacial score (nSPS) is 12.6. The molecule has 0 spiro atoms. The first kappa shape index (κ1) is 17.6. The minimum atomic E-state index is -1.05. The van der Waals surface area contributed by atoms with Gasteiger partial charge in [-0.25, -0.2) is 4.79 Å². The van der Waals surface area contributed by atoms with Gasteiger partial charge >= 0.3 is 12.1 Å². The lowest BCUT2D eigenvalue weighted by molar-refractivity contribution is -0.137. The lowest BCUT2D eigenvalue weighted by Gasteiger charge is -2.23.